The van der Waals surface area contributed by atoms with Gasteiger partial charge in [-0.15, -0.1) is 0 Å². The van der Waals surface area contributed by atoms with Crippen molar-refractivity contribution in [2.24, 2.45) is 5.41 Å². The van der Waals surface area contributed by atoms with E-state index in [-0.39, 0.29) is 29.1 Å². The van der Waals surface area contributed by atoms with Crippen molar-refractivity contribution >= 4 is 11.8 Å². The Labute approximate surface area is 223 Å². The van der Waals surface area contributed by atoms with Crippen molar-refractivity contribution in [2.45, 2.75) is 64.0 Å². The molecule has 0 aliphatic carbocycles. The predicted molar refractivity (Wildman–Crippen MR) is 142 cm³/mol. The van der Waals surface area contributed by atoms with Gasteiger partial charge in [0.1, 0.15) is 18.1 Å². The molecule has 2 saturated heterocycles. The van der Waals surface area contributed by atoms with E-state index in [0.29, 0.717) is 45.7 Å². The van der Waals surface area contributed by atoms with E-state index in [1.807, 2.05) is 12.1 Å². The first-order chi connectivity index (χ1) is 18.5. The maximum absolute atomic E-state index is 14.1. The molecule has 0 N–H and O–H groups in total. The third-order valence-corrected chi connectivity index (χ3v) is 8.45. The van der Waals surface area contributed by atoms with Gasteiger partial charge in [0.15, 0.2) is 0 Å². The zero-order valence-electron chi connectivity index (χ0n) is 22.3. The van der Waals surface area contributed by atoms with Gasteiger partial charge in [-0.05, 0) is 62.6 Å². The van der Waals surface area contributed by atoms with E-state index in [9.17, 15) is 14.4 Å². The van der Waals surface area contributed by atoms with Gasteiger partial charge in [-0.2, -0.15) is 5.10 Å². The quantitative estimate of drug-likeness (QED) is 0.613. The fourth-order valence-corrected chi connectivity index (χ4v) is 6.17. The number of carbonyl (C=O) groups is 2. The summed E-state index contributed by atoms with van der Waals surface area (Å²) in [6, 6.07) is 11.2. The topological polar surface area (TPSA) is 94.0 Å². The smallest absolute Gasteiger partial charge is 0.274 e. The molecule has 2 aromatic rings. The molecule has 3 aliphatic heterocycles. The molecule has 4 heterocycles. The summed E-state index contributed by atoms with van der Waals surface area (Å²) in [7, 11) is 1.56. The van der Waals surface area contributed by atoms with Crippen LogP contribution >= 0.6 is 0 Å². The van der Waals surface area contributed by atoms with Crippen LogP contribution < -0.4 is 10.3 Å². The number of piperidine rings is 1. The number of methoxy groups -OCH3 is 1. The second-order valence-corrected chi connectivity index (χ2v) is 10.8. The summed E-state index contributed by atoms with van der Waals surface area (Å²) in [5.74, 6) is 0.975. The zero-order chi connectivity index (χ0) is 26.5. The van der Waals surface area contributed by atoms with Crippen LogP contribution in [0.2, 0.25) is 0 Å². The van der Waals surface area contributed by atoms with E-state index in [1.54, 1.807) is 12.0 Å². The lowest BCUT2D eigenvalue weighted by Gasteiger charge is -2.44. The number of rotatable bonds is 4. The van der Waals surface area contributed by atoms with Crippen molar-refractivity contribution < 1.29 is 19.1 Å². The predicted octanol–water partition coefficient (Wildman–Crippen LogP) is 2.91. The molecule has 1 atom stereocenters. The van der Waals surface area contributed by atoms with Crippen LogP contribution in [0, 0.1) is 5.41 Å². The Balaban J connectivity index is 1.31. The molecule has 38 heavy (non-hydrogen) atoms. The molecular weight excluding hydrogens is 484 g/mol. The van der Waals surface area contributed by atoms with Gasteiger partial charge in [-0.3, -0.25) is 14.4 Å². The molecule has 1 aromatic heterocycles. The molecule has 0 radical (unpaired) electrons. The Morgan fingerprint density at radius 1 is 1.05 bits per heavy atom. The fourth-order valence-electron chi connectivity index (χ4n) is 6.17. The molecule has 204 valence electrons. The number of aromatic nitrogens is 2. The highest BCUT2D eigenvalue weighted by Gasteiger charge is 2.46. The molecule has 9 nitrogen and oxygen atoms in total. The normalized spacial score (nSPS) is 21.7. The van der Waals surface area contributed by atoms with Crippen LogP contribution in [0.15, 0.2) is 41.2 Å². The average molecular weight is 523 g/mol. The van der Waals surface area contributed by atoms with Crippen molar-refractivity contribution in [3.05, 3.63) is 58.0 Å². The molecular formula is C29H38N4O5. The minimum absolute atomic E-state index is 0.0869. The Hall–Kier alpha value is -3.20. The lowest BCUT2D eigenvalue weighted by molar-refractivity contribution is -0.147. The first-order valence-corrected chi connectivity index (χ1v) is 13.9. The van der Waals surface area contributed by atoms with Crippen LogP contribution in [-0.2, 0) is 22.5 Å². The fraction of sp³-hybridized carbons (Fsp3) is 0.586. The van der Waals surface area contributed by atoms with Crippen molar-refractivity contribution in [1.82, 2.24) is 19.6 Å². The number of para-hydroxylation sites is 1. The molecule has 2 fully saturated rings. The molecule has 0 bridgehead atoms. The number of hydrogen-bond acceptors (Lipinski definition) is 6. The van der Waals surface area contributed by atoms with Gasteiger partial charge >= 0.3 is 0 Å². The molecule has 1 aromatic carbocycles. The number of aryl methyl sites for hydroxylation is 1. The molecule has 5 rings (SSSR count). The second-order valence-electron chi connectivity index (χ2n) is 10.8. The van der Waals surface area contributed by atoms with Gasteiger partial charge in [-0.1, -0.05) is 24.6 Å². The molecule has 1 spiro atoms. The highest BCUT2D eigenvalue weighted by atomic mass is 16.5. The first-order valence-electron chi connectivity index (χ1n) is 13.9. The zero-order valence-corrected chi connectivity index (χ0v) is 22.3. The Morgan fingerprint density at radius 2 is 1.87 bits per heavy atom. The van der Waals surface area contributed by atoms with E-state index in [1.165, 1.54) is 22.4 Å². The Kier molecular flexibility index (Phi) is 8.12. The van der Waals surface area contributed by atoms with Crippen LogP contribution in [0.1, 0.15) is 61.0 Å². The van der Waals surface area contributed by atoms with Crippen LogP contribution in [-0.4, -0.2) is 77.4 Å². The standard InChI is InChI=1S/C29H38N4O5/c1-37-20-19-33-26(34)12-11-24(30-33)27(35)31-17-14-29(15-18-31)13-5-4-8-22-7-2-3-10-25(22)38-21-23-9-6-16-32(23)28(29)36/h2-3,7,10-12,23H,4-6,8-9,13-21H2,1H3/t23-/m0/s1. The van der Waals surface area contributed by atoms with Gasteiger partial charge in [0.05, 0.1) is 24.6 Å². The highest BCUT2D eigenvalue weighted by Crippen LogP contribution is 2.41. The third kappa shape index (κ3) is 5.48. The van der Waals surface area contributed by atoms with Gasteiger partial charge < -0.3 is 19.3 Å². The molecule has 0 unspecified atom stereocenters. The lowest BCUT2D eigenvalue weighted by atomic mass is 9.72. The third-order valence-electron chi connectivity index (χ3n) is 8.45. The minimum Gasteiger partial charge on any atom is -0.491 e. The molecule has 9 heteroatoms. The van der Waals surface area contributed by atoms with Crippen molar-refractivity contribution in [3.8, 4) is 5.75 Å². The summed E-state index contributed by atoms with van der Waals surface area (Å²) in [5, 5.41) is 4.28. The summed E-state index contributed by atoms with van der Waals surface area (Å²) >= 11 is 0. The summed E-state index contributed by atoms with van der Waals surface area (Å²) in [6.45, 7) is 2.93. The van der Waals surface area contributed by atoms with Crippen molar-refractivity contribution in [1.29, 1.82) is 0 Å². The van der Waals surface area contributed by atoms with Gasteiger partial charge in [0.25, 0.3) is 11.5 Å². The van der Waals surface area contributed by atoms with Crippen LogP contribution in [0.5, 0.6) is 5.75 Å². The highest BCUT2D eigenvalue weighted by molar-refractivity contribution is 5.92. The molecule has 0 saturated carbocycles. The van der Waals surface area contributed by atoms with Crippen molar-refractivity contribution in [3.63, 3.8) is 0 Å². The minimum atomic E-state index is -0.456. The molecule has 3 aliphatic rings. The summed E-state index contributed by atoms with van der Waals surface area (Å²) in [4.78, 5) is 43.3. The monoisotopic (exact) mass is 522 g/mol. The van der Waals surface area contributed by atoms with E-state index >= 15 is 0 Å². The van der Waals surface area contributed by atoms with E-state index < -0.39 is 5.41 Å². The van der Waals surface area contributed by atoms with Crippen molar-refractivity contribution in [2.75, 3.05) is 40.0 Å². The van der Waals surface area contributed by atoms with Crippen LogP contribution in [0.3, 0.4) is 0 Å². The van der Waals surface area contributed by atoms with Crippen LogP contribution in [0.4, 0.5) is 0 Å². The first kappa shape index (κ1) is 26.4. The maximum atomic E-state index is 14.1. The van der Waals surface area contributed by atoms with Gasteiger partial charge in [-0.25, -0.2) is 4.68 Å². The van der Waals surface area contributed by atoms with E-state index in [4.69, 9.17) is 9.47 Å². The summed E-state index contributed by atoms with van der Waals surface area (Å²) in [5.41, 5.74) is 0.764. The SMILES string of the molecule is COCCn1nc(C(=O)N2CCC3(CCCCc4ccccc4OC[C@@H]4CCCN4C3=O)CC2)ccc1=O. The van der Waals surface area contributed by atoms with E-state index in [0.717, 1.165) is 50.8 Å². The van der Waals surface area contributed by atoms with Gasteiger partial charge in [0, 0.05) is 32.8 Å². The van der Waals surface area contributed by atoms with Crippen LogP contribution in [0.25, 0.3) is 0 Å². The number of benzene rings is 1. The lowest BCUT2D eigenvalue weighted by Crippen LogP contribution is -2.53. The number of ether oxygens (including phenoxy) is 2. The number of likely N-dealkylation sites (tertiary alicyclic amines) is 1. The summed E-state index contributed by atoms with van der Waals surface area (Å²) < 4.78 is 12.6. The number of fused-ring (bicyclic) bond motifs is 2. The summed E-state index contributed by atoms with van der Waals surface area (Å²) in [6.07, 6.45) is 6.95. The Morgan fingerprint density at radius 3 is 2.68 bits per heavy atom. The molecule has 2 amide bonds. The maximum Gasteiger partial charge on any atom is 0.274 e. The second kappa shape index (κ2) is 11.7. The number of amides is 2. The Bertz CT molecular complexity index is 1200. The average Bonchev–Trinajstić information content (AvgIpc) is 3.42. The van der Waals surface area contributed by atoms with Gasteiger partial charge in [0.2, 0.25) is 5.91 Å². The number of carbonyl (C=O) groups excluding carboxylic acids is 2. The largest absolute Gasteiger partial charge is 0.491 e. The van der Waals surface area contributed by atoms with E-state index in [2.05, 4.69) is 22.1 Å². The number of hydrogen-bond donors (Lipinski definition) is 0. The number of nitrogens with zero attached hydrogens (tertiary/aromatic N) is 4.